The van der Waals surface area contributed by atoms with Gasteiger partial charge in [-0.2, -0.15) is 0 Å². The minimum atomic E-state index is -0.232. The molecule has 110 valence electrons. The summed E-state index contributed by atoms with van der Waals surface area (Å²) >= 11 is 0. The zero-order valence-electron chi connectivity index (χ0n) is 12.8. The van der Waals surface area contributed by atoms with E-state index in [1.165, 1.54) is 0 Å². The second kappa shape index (κ2) is 5.57. The highest BCUT2D eigenvalue weighted by Crippen LogP contribution is 2.34. The van der Waals surface area contributed by atoms with Gasteiger partial charge in [0.05, 0.1) is 5.52 Å². The number of hydrogen-bond acceptors (Lipinski definition) is 3. The number of carbonyl (C=O) groups is 1. The van der Waals surface area contributed by atoms with Gasteiger partial charge >= 0.3 is 0 Å². The highest BCUT2D eigenvalue weighted by atomic mass is 16.1. The molecule has 0 radical (unpaired) electrons. The Hall–Kier alpha value is -1.74. The fourth-order valence-electron chi connectivity index (χ4n) is 3.30. The van der Waals surface area contributed by atoms with E-state index in [9.17, 15) is 4.79 Å². The van der Waals surface area contributed by atoms with Gasteiger partial charge in [0, 0.05) is 28.6 Å². The molecule has 3 heteroatoms. The Morgan fingerprint density at radius 2 is 2.19 bits per heavy atom. The summed E-state index contributed by atoms with van der Waals surface area (Å²) in [5.41, 5.74) is 2.55. The molecule has 0 amide bonds. The number of rotatable bonds is 3. The van der Waals surface area contributed by atoms with Crippen LogP contribution in [0.3, 0.4) is 0 Å². The molecule has 1 atom stereocenters. The van der Waals surface area contributed by atoms with E-state index in [1.54, 1.807) is 0 Å². The minimum absolute atomic E-state index is 0.232. The molecule has 21 heavy (non-hydrogen) atoms. The molecule has 3 rings (SSSR count). The number of nitrogens with one attached hydrogen (secondary N) is 1. The van der Waals surface area contributed by atoms with Gasteiger partial charge in [-0.1, -0.05) is 13.0 Å². The van der Waals surface area contributed by atoms with E-state index >= 15 is 0 Å². The third-order valence-corrected chi connectivity index (χ3v) is 4.72. The number of aryl methyl sites for hydroxylation is 1. The van der Waals surface area contributed by atoms with Crippen molar-refractivity contribution in [3.05, 3.63) is 41.6 Å². The molecule has 0 aliphatic carbocycles. The summed E-state index contributed by atoms with van der Waals surface area (Å²) in [5, 5.41) is 4.43. The van der Waals surface area contributed by atoms with E-state index < -0.39 is 0 Å². The van der Waals surface area contributed by atoms with Crippen molar-refractivity contribution in [1.82, 2.24) is 10.3 Å². The molecular formula is C18H22N2O. The van der Waals surface area contributed by atoms with Crippen LogP contribution >= 0.6 is 0 Å². The second-order valence-corrected chi connectivity index (χ2v) is 6.10. The number of benzene rings is 1. The minimum Gasteiger partial charge on any atom is -0.316 e. The van der Waals surface area contributed by atoms with Gasteiger partial charge in [0.25, 0.3) is 0 Å². The monoisotopic (exact) mass is 282 g/mol. The zero-order valence-corrected chi connectivity index (χ0v) is 12.8. The third kappa shape index (κ3) is 2.58. The van der Waals surface area contributed by atoms with Crippen molar-refractivity contribution >= 4 is 16.7 Å². The van der Waals surface area contributed by atoms with Crippen molar-refractivity contribution in [2.75, 3.05) is 13.1 Å². The molecule has 1 aromatic heterocycles. The normalized spacial score (nSPS) is 22.4. The first-order chi connectivity index (χ1) is 10.1. The number of nitrogens with zero attached hydrogens (tertiary/aromatic N) is 1. The number of pyridine rings is 1. The Bertz CT molecular complexity index is 672. The van der Waals surface area contributed by atoms with Gasteiger partial charge in [0.1, 0.15) is 0 Å². The smallest absolute Gasteiger partial charge is 0.170 e. The molecule has 2 aromatic rings. The lowest BCUT2D eigenvalue weighted by atomic mass is 9.72. The summed E-state index contributed by atoms with van der Waals surface area (Å²) in [6.07, 6.45) is 2.95. The first-order valence-electron chi connectivity index (χ1n) is 7.77. The molecule has 2 heterocycles. The van der Waals surface area contributed by atoms with Gasteiger partial charge in [-0.3, -0.25) is 9.78 Å². The molecule has 0 bridgehead atoms. The number of aromatic nitrogens is 1. The molecule has 1 aliphatic rings. The van der Waals surface area contributed by atoms with Crippen LogP contribution in [0.2, 0.25) is 0 Å². The Labute approximate surface area is 125 Å². The number of Topliss-reactive ketones (excluding diaryl/α,β-unsaturated/α-hetero) is 1. The van der Waals surface area contributed by atoms with Crippen LogP contribution in [-0.2, 0) is 0 Å². The lowest BCUT2D eigenvalue weighted by Crippen LogP contribution is -2.45. The Morgan fingerprint density at radius 1 is 1.33 bits per heavy atom. The van der Waals surface area contributed by atoms with Crippen LogP contribution in [0.15, 0.2) is 30.3 Å². The van der Waals surface area contributed by atoms with E-state index in [-0.39, 0.29) is 11.2 Å². The summed E-state index contributed by atoms with van der Waals surface area (Å²) in [6, 6.07) is 9.94. The Balaban J connectivity index is 1.98. The summed E-state index contributed by atoms with van der Waals surface area (Å²) in [7, 11) is 0. The molecule has 1 unspecified atom stereocenters. The van der Waals surface area contributed by atoms with Gasteiger partial charge in [-0.15, -0.1) is 0 Å². The highest BCUT2D eigenvalue weighted by molar-refractivity contribution is 6.03. The number of hydrogen-bond donors (Lipinski definition) is 1. The van der Waals surface area contributed by atoms with Crippen LogP contribution in [0.25, 0.3) is 10.9 Å². The standard InChI is InChI=1S/C18H22N2O/c1-3-18(9-4-10-19-12-18)17(21)15-7-8-16-14(11-15)6-5-13(2)20-16/h5-8,11,19H,3-4,9-10,12H2,1-2H3. The molecule has 1 saturated heterocycles. The topological polar surface area (TPSA) is 42.0 Å². The van der Waals surface area contributed by atoms with E-state index in [4.69, 9.17) is 0 Å². The maximum atomic E-state index is 13.0. The van der Waals surface area contributed by atoms with E-state index in [0.717, 1.165) is 54.5 Å². The number of carbonyl (C=O) groups excluding carboxylic acids is 1. The summed E-state index contributed by atoms with van der Waals surface area (Å²) in [6.45, 7) is 5.93. The lowest BCUT2D eigenvalue weighted by Gasteiger charge is -2.35. The second-order valence-electron chi connectivity index (χ2n) is 6.10. The number of fused-ring (bicyclic) bond motifs is 1. The SMILES string of the molecule is CCC1(C(=O)c2ccc3nc(C)ccc3c2)CCCNC1. The van der Waals surface area contributed by atoms with Crippen LogP contribution in [0, 0.1) is 12.3 Å². The summed E-state index contributed by atoms with van der Waals surface area (Å²) in [5.74, 6) is 0.277. The van der Waals surface area contributed by atoms with Crippen LogP contribution in [0.1, 0.15) is 42.2 Å². The van der Waals surface area contributed by atoms with E-state index in [1.807, 2.05) is 37.3 Å². The molecule has 3 nitrogen and oxygen atoms in total. The molecule has 1 aromatic carbocycles. The van der Waals surface area contributed by atoms with Crippen molar-refractivity contribution in [3.63, 3.8) is 0 Å². The highest BCUT2D eigenvalue weighted by Gasteiger charge is 2.38. The van der Waals surface area contributed by atoms with Crippen molar-refractivity contribution in [2.24, 2.45) is 5.41 Å². The van der Waals surface area contributed by atoms with Crippen LogP contribution in [0.4, 0.5) is 0 Å². The van der Waals surface area contributed by atoms with Gasteiger partial charge in [0.2, 0.25) is 0 Å². The van der Waals surface area contributed by atoms with Crippen molar-refractivity contribution in [2.45, 2.75) is 33.1 Å². The van der Waals surface area contributed by atoms with Gasteiger partial charge in [-0.05, 0) is 57.0 Å². The van der Waals surface area contributed by atoms with Gasteiger partial charge in [-0.25, -0.2) is 0 Å². The molecular weight excluding hydrogens is 260 g/mol. The van der Waals surface area contributed by atoms with Crippen molar-refractivity contribution in [1.29, 1.82) is 0 Å². The Morgan fingerprint density at radius 3 is 2.90 bits per heavy atom. The fourth-order valence-corrected chi connectivity index (χ4v) is 3.30. The molecule has 0 spiro atoms. The van der Waals surface area contributed by atoms with Crippen LogP contribution < -0.4 is 5.32 Å². The van der Waals surface area contributed by atoms with Gasteiger partial charge < -0.3 is 5.32 Å². The molecule has 1 aliphatic heterocycles. The maximum absolute atomic E-state index is 13.0. The van der Waals surface area contributed by atoms with Crippen LogP contribution in [-0.4, -0.2) is 23.9 Å². The lowest BCUT2D eigenvalue weighted by molar-refractivity contribution is 0.0731. The van der Waals surface area contributed by atoms with Crippen molar-refractivity contribution in [3.8, 4) is 0 Å². The first-order valence-corrected chi connectivity index (χ1v) is 7.77. The predicted molar refractivity (Wildman–Crippen MR) is 85.6 cm³/mol. The summed E-state index contributed by atoms with van der Waals surface area (Å²) in [4.78, 5) is 17.5. The van der Waals surface area contributed by atoms with E-state index in [0.29, 0.717) is 0 Å². The molecule has 1 fully saturated rings. The van der Waals surface area contributed by atoms with Crippen LogP contribution in [0.5, 0.6) is 0 Å². The van der Waals surface area contributed by atoms with E-state index in [2.05, 4.69) is 17.2 Å². The third-order valence-electron chi connectivity index (χ3n) is 4.72. The number of piperidine rings is 1. The average molecular weight is 282 g/mol. The first kappa shape index (κ1) is 14.2. The predicted octanol–water partition coefficient (Wildman–Crippen LogP) is 3.51. The zero-order chi connectivity index (χ0) is 14.9. The quantitative estimate of drug-likeness (QED) is 0.876. The fraction of sp³-hybridized carbons (Fsp3) is 0.444. The Kier molecular flexibility index (Phi) is 3.77. The average Bonchev–Trinajstić information content (AvgIpc) is 2.54. The molecule has 1 N–H and O–H groups in total. The number of ketones is 1. The largest absolute Gasteiger partial charge is 0.316 e. The summed E-state index contributed by atoms with van der Waals surface area (Å²) < 4.78 is 0. The molecule has 0 saturated carbocycles. The maximum Gasteiger partial charge on any atom is 0.170 e. The van der Waals surface area contributed by atoms with Gasteiger partial charge in [0.15, 0.2) is 5.78 Å². The van der Waals surface area contributed by atoms with Crippen molar-refractivity contribution < 1.29 is 4.79 Å².